The number of aromatic nitrogens is 3. The molecule has 0 amide bonds. The molecule has 6 aromatic rings. The van der Waals surface area contributed by atoms with Gasteiger partial charge in [-0.25, -0.2) is 4.98 Å². The fourth-order valence-electron chi connectivity index (χ4n) is 6.64. The lowest BCUT2D eigenvalue weighted by molar-refractivity contribution is 0.625. The summed E-state index contributed by atoms with van der Waals surface area (Å²) >= 11 is 0. The van der Waals surface area contributed by atoms with Gasteiger partial charge in [-0.1, -0.05) is 86.7 Å². The van der Waals surface area contributed by atoms with Crippen LogP contribution in [0.1, 0.15) is 37.4 Å². The van der Waals surface area contributed by atoms with E-state index < -0.39 is 0 Å². The van der Waals surface area contributed by atoms with Crippen molar-refractivity contribution in [1.29, 1.82) is 0 Å². The van der Waals surface area contributed by atoms with E-state index in [1.807, 2.05) is 0 Å². The third-order valence-electron chi connectivity index (χ3n) is 8.40. The summed E-state index contributed by atoms with van der Waals surface area (Å²) in [6.07, 6.45) is 9.82. The molecule has 2 aliphatic rings. The first-order valence-corrected chi connectivity index (χ1v) is 13.1. The standard InChI is InChI=1S/C34H27N3/c1-34(2)26-15-7-10-18-30(26)37-29-17-9-6-14-24(29)25-20-22(21-27(34)32(25)37)33-35-28-16-8-11-19-31(28)36(33)23-12-4-3-5-13-23/h3-12,14-21,23H,13H2,1-2H3. The predicted molar refractivity (Wildman–Crippen MR) is 154 cm³/mol. The molecule has 178 valence electrons. The van der Waals surface area contributed by atoms with E-state index in [1.165, 1.54) is 49.7 Å². The number of benzene rings is 4. The molecule has 8 rings (SSSR count). The molecule has 2 aromatic heterocycles. The Morgan fingerprint density at radius 3 is 2.43 bits per heavy atom. The highest BCUT2D eigenvalue weighted by Crippen LogP contribution is 2.49. The number of fused-ring (bicyclic) bond motifs is 6. The van der Waals surface area contributed by atoms with Crippen molar-refractivity contribution in [3.05, 3.63) is 120 Å². The molecule has 3 heterocycles. The number of rotatable bonds is 2. The third-order valence-corrected chi connectivity index (χ3v) is 8.40. The van der Waals surface area contributed by atoms with E-state index >= 15 is 0 Å². The van der Waals surface area contributed by atoms with Crippen molar-refractivity contribution in [2.75, 3.05) is 0 Å². The molecule has 0 saturated heterocycles. The summed E-state index contributed by atoms with van der Waals surface area (Å²) in [6.45, 7) is 4.73. The largest absolute Gasteiger partial charge is 0.317 e. The number of allylic oxidation sites excluding steroid dienone is 4. The fraction of sp³-hybridized carbons (Fsp3) is 0.147. The summed E-state index contributed by atoms with van der Waals surface area (Å²) in [5, 5.41) is 2.58. The minimum atomic E-state index is -0.139. The normalized spacial score (nSPS) is 17.6. The van der Waals surface area contributed by atoms with Gasteiger partial charge in [0.05, 0.1) is 33.8 Å². The Kier molecular flexibility index (Phi) is 4.12. The van der Waals surface area contributed by atoms with Crippen molar-refractivity contribution in [3.63, 3.8) is 0 Å². The van der Waals surface area contributed by atoms with Crippen LogP contribution in [-0.2, 0) is 5.41 Å². The van der Waals surface area contributed by atoms with Crippen LogP contribution in [0.3, 0.4) is 0 Å². The summed E-state index contributed by atoms with van der Waals surface area (Å²) in [6, 6.07) is 31.3. The molecule has 0 saturated carbocycles. The van der Waals surface area contributed by atoms with Crippen LogP contribution in [0.15, 0.2) is 109 Å². The fourth-order valence-corrected chi connectivity index (χ4v) is 6.64. The molecule has 0 spiro atoms. The summed E-state index contributed by atoms with van der Waals surface area (Å²) in [7, 11) is 0. The van der Waals surface area contributed by atoms with E-state index in [9.17, 15) is 0 Å². The Morgan fingerprint density at radius 2 is 1.57 bits per heavy atom. The van der Waals surface area contributed by atoms with E-state index in [1.54, 1.807) is 0 Å². The van der Waals surface area contributed by atoms with E-state index in [4.69, 9.17) is 4.98 Å². The maximum absolute atomic E-state index is 5.24. The average Bonchev–Trinajstić information content (AvgIpc) is 3.49. The Bertz CT molecular complexity index is 1940. The SMILES string of the molecule is CC1(C)c2ccccc2-n2c3ccccc3c3cc(-c4nc5ccccc5n4C4C=CC=CC4)cc1c32. The monoisotopic (exact) mass is 477 g/mol. The third kappa shape index (κ3) is 2.74. The van der Waals surface area contributed by atoms with Crippen LogP contribution >= 0.6 is 0 Å². The molecular formula is C34H27N3. The molecule has 4 aromatic carbocycles. The lowest BCUT2D eigenvalue weighted by Gasteiger charge is -2.35. The van der Waals surface area contributed by atoms with Crippen molar-refractivity contribution in [2.45, 2.75) is 31.7 Å². The maximum Gasteiger partial charge on any atom is 0.141 e. The summed E-state index contributed by atoms with van der Waals surface area (Å²) in [5.41, 5.74) is 9.83. The Hall–Kier alpha value is -4.37. The van der Waals surface area contributed by atoms with Crippen LogP contribution in [0.5, 0.6) is 0 Å². The van der Waals surface area contributed by atoms with Gasteiger partial charge in [0, 0.05) is 21.8 Å². The van der Waals surface area contributed by atoms with Gasteiger partial charge < -0.3 is 9.13 Å². The minimum absolute atomic E-state index is 0.139. The molecule has 1 aliphatic carbocycles. The summed E-state index contributed by atoms with van der Waals surface area (Å²) in [5.74, 6) is 1.04. The topological polar surface area (TPSA) is 22.8 Å². The first kappa shape index (κ1) is 20.8. The van der Waals surface area contributed by atoms with Crippen molar-refractivity contribution in [1.82, 2.24) is 14.1 Å². The first-order valence-electron chi connectivity index (χ1n) is 13.1. The molecule has 3 nitrogen and oxygen atoms in total. The molecular weight excluding hydrogens is 450 g/mol. The molecule has 1 unspecified atom stereocenters. The summed E-state index contributed by atoms with van der Waals surface area (Å²) < 4.78 is 4.91. The zero-order chi connectivity index (χ0) is 24.7. The molecule has 1 aliphatic heterocycles. The van der Waals surface area contributed by atoms with Crippen LogP contribution in [0.25, 0.3) is 49.9 Å². The number of hydrogen-bond acceptors (Lipinski definition) is 1. The number of hydrogen-bond donors (Lipinski definition) is 0. The smallest absolute Gasteiger partial charge is 0.141 e. The van der Waals surface area contributed by atoms with E-state index in [-0.39, 0.29) is 11.5 Å². The number of nitrogens with zero attached hydrogens (tertiary/aromatic N) is 3. The lowest BCUT2D eigenvalue weighted by atomic mass is 9.74. The van der Waals surface area contributed by atoms with Gasteiger partial charge in [0.25, 0.3) is 0 Å². The van der Waals surface area contributed by atoms with Gasteiger partial charge in [0.2, 0.25) is 0 Å². The maximum atomic E-state index is 5.24. The van der Waals surface area contributed by atoms with Gasteiger partial charge in [-0.05, 0) is 53.9 Å². The highest BCUT2D eigenvalue weighted by molar-refractivity contribution is 6.12. The molecule has 0 fully saturated rings. The molecule has 0 N–H and O–H groups in total. The molecule has 3 heteroatoms. The van der Waals surface area contributed by atoms with Crippen LogP contribution in [-0.4, -0.2) is 14.1 Å². The lowest BCUT2D eigenvalue weighted by Crippen LogP contribution is -2.26. The van der Waals surface area contributed by atoms with Crippen LogP contribution < -0.4 is 0 Å². The second-order valence-electron chi connectivity index (χ2n) is 10.8. The van der Waals surface area contributed by atoms with Crippen LogP contribution in [0, 0.1) is 0 Å². The highest BCUT2D eigenvalue weighted by atomic mass is 15.1. The predicted octanol–water partition coefficient (Wildman–Crippen LogP) is 8.50. The van der Waals surface area contributed by atoms with Crippen molar-refractivity contribution < 1.29 is 0 Å². The van der Waals surface area contributed by atoms with E-state index in [0.29, 0.717) is 0 Å². The average molecular weight is 478 g/mol. The molecule has 37 heavy (non-hydrogen) atoms. The van der Waals surface area contributed by atoms with Crippen LogP contribution in [0.4, 0.5) is 0 Å². The zero-order valence-electron chi connectivity index (χ0n) is 21.0. The van der Waals surface area contributed by atoms with Gasteiger partial charge in [0.15, 0.2) is 0 Å². The van der Waals surface area contributed by atoms with Gasteiger partial charge in [0.1, 0.15) is 5.82 Å². The summed E-state index contributed by atoms with van der Waals surface area (Å²) in [4.78, 5) is 5.24. The molecule has 0 bridgehead atoms. The second-order valence-corrected chi connectivity index (χ2v) is 10.8. The van der Waals surface area contributed by atoms with Crippen molar-refractivity contribution >= 4 is 32.8 Å². The Morgan fingerprint density at radius 1 is 0.784 bits per heavy atom. The van der Waals surface area contributed by atoms with Crippen molar-refractivity contribution in [3.8, 4) is 17.1 Å². The Balaban J connectivity index is 1.51. The quantitative estimate of drug-likeness (QED) is 0.245. The number of para-hydroxylation sites is 4. The highest BCUT2D eigenvalue weighted by Gasteiger charge is 2.36. The first-order chi connectivity index (χ1) is 18.1. The molecule has 1 atom stereocenters. The van der Waals surface area contributed by atoms with Gasteiger partial charge in [-0.3, -0.25) is 0 Å². The van der Waals surface area contributed by atoms with Gasteiger partial charge >= 0.3 is 0 Å². The van der Waals surface area contributed by atoms with Gasteiger partial charge in [-0.15, -0.1) is 0 Å². The Labute approximate surface area is 216 Å². The van der Waals surface area contributed by atoms with Crippen LogP contribution in [0.2, 0.25) is 0 Å². The second kappa shape index (κ2) is 7.33. The minimum Gasteiger partial charge on any atom is -0.317 e. The molecule has 0 radical (unpaired) electrons. The zero-order valence-corrected chi connectivity index (χ0v) is 21.0. The van der Waals surface area contributed by atoms with E-state index in [2.05, 4.69) is 132 Å². The van der Waals surface area contributed by atoms with Crippen molar-refractivity contribution in [2.24, 2.45) is 0 Å². The van der Waals surface area contributed by atoms with Gasteiger partial charge in [-0.2, -0.15) is 0 Å². The number of imidazole rings is 1. The van der Waals surface area contributed by atoms with E-state index in [0.717, 1.165) is 17.8 Å².